The van der Waals surface area contributed by atoms with E-state index in [-0.39, 0.29) is 5.54 Å². The monoisotopic (exact) mass is 207 g/mol. The number of hydrogen-bond acceptors (Lipinski definition) is 2. The SMILES string of the molecule is CC(C)(N)CCc1cn2c(n1)CCCC2. The third-order valence-electron chi connectivity index (χ3n) is 2.98. The van der Waals surface area contributed by atoms with E-state index in [0.29, 0.717) is 0 Å². The number of imidazole rings is 1. The smallest absolute Gasteiger partial charge is 0.108 e. The highest BCUT2D eigenvalue weighted by molar-refractivity contribution is 5.07. The van der Waals surface area contributed by atoms with E-state index >= 15 is 0 Å². The molecule has 15 heavy (non-hydrogen) atoms. The predicted molar refractivity (Wildman–Crippen MR) is 61.8 cm³/mol. The molecule has 0 aromatic carbocycles. The molecule has 3 nitrogen and oxygen atoms in total. The van der Waals surface area contributed by atoms with Crippen LogP contribution in [0, 0.1) is 0 Å². The standard InChI is InChI=1S/C12H21N3/c1-12(2,13)7-6-10-9-15-8-4-3-5-11(15)14-10/h9H,3-8,13H2,1-2H3. The van der Waals surface area contributed by atoms with Gasteiger partial charge in [-0.3, -0.25) is 0 Å². The van der Waals surface area contributed by atoms with Gasteiger partial charge < -0.3 is 10.3 Å². The summed E-state index contributed by atoms with van der Waals surface area (Å²) in [5.41, 5.74) is 7.11. The summed E-state index contributed by atoms with van der Waals surface area (Å²) in [5, 5.41) is 0. The van der Waals surface area contributed by atoms with Gasteiger partial charge in [0.05, 0.1) is 5.69 Å². The Morgan fingerprint density at radius 1 is 1.47 bits per heavy atom. The molecule has 1 aliphatic rings. The lowest BCUT2D eigenvalue weighted by Gasteiger charge is -2.16. The van der Waals surface area contributed by atoms with Gasteiger partial charge in [0.15, 0.2) is 0 Å². The molecule has 0 bridgehead atoms. The largest absolute Gasteiger partial charge is 0.335 e. The van der Waals surface area contributed by atoms with Crippen LogP contribution in [0.4, 0.5) is 0 Å². The van der Waals surface area contributed by atoms with Gasteiger partial charge in [-0.1, -0.05) is 0 Å². The van der Waals surface area contributed by atoms with Crippen molar-refractivity contribution in [2.24, 2.45) is 5.73 Å². The van der Waals surface area contributed by atoms with Crippen LogP contribution in [0.3, 0.4) is 0 Å². The van der Waals surface area contributed by atoms with Crippen LogP contribution >= 0.6 is 0 Å². The van der Waals surface area contributed by atoms with Gasteiger partial charge in [0.2, 0.25) is 0 Å². The molecule has 1 aromatic heterocycles. The van der Waals surface area contributed by atoms with Crippen molar-refractivity contribution >= 4 is 0 Å². The summed E-state index contributed by atoms with van der Waals surface area (Å²) >= 11 is 0. The van der Waals surface area contributed by atoms with Crippen molar-refractivity contribution in [2.75, 3.05) is 0 Å². The lowest BCUT2D eigenvalue weighted by molar-refractivity contribution is 0.474. The lowest BCUT2D eigenvalue weighted by Crippen LogP contribution is -2.32. The van der Waals surface area contributed by atoms with Crippen LogP contribution < -0.4 is 5.73 Å². The van der Waals surface area contributed by atoms with Crippen LogP contribution in [-0.4, -0.2) is 15.1 Å². The molecule has 2 heterocycles. The summed E-state index contributed by atoms with van der Waals surface area (Å²) in [6, 6.07) is 0. The fraction of sp³-hybridized carbons (Fsp3) is 0.750. The van der Waals surface area contributed by atoms with E-state index in [4.69, 9.17) is 5.73 Å². The first-order valence-electron chi connectivity index (χ1n) is 5.88. The number of rotatable bonds is 3. The number of hydrogen-bond donors (Lipinski definition) is 1. The molecular formula is C12H21N3. The zero-order valence-electron chi connectivity index (χ0n) is 9.79. The fourth-order valence-electron chi connectivity index (χ4n) is 2.04. The predicted octanol–water partition coefficient (Wildman–Crippen LogP) is 1.89. The van der Waals surface area contributed by atoms with Crippen molar-refractivity contribution in [3.63, 3.8) is 0 Å². The normalized spacial score (nSPS) is 16.5. The lowest BCUT2D eigenvalue weighted by atomic mass is 9.99. The molecule has 0 spiro atoms. The van der Waals surface area contributed by atoms with Crippen LogP contribution in [0.5, 0.6) is 0 Å². The van der Waals surface area contributed by atoms with Crippen LogP contribution in [0.25, 0.3) is 0 Å². The van der Waals surface area contributed by atoms with Crippen LogP contribution in [-0.2, 0) is 19.4 Å². The van der Waals surface area contributed by atoms with Crippen molar-refractivity contribution in [3.8, 4) is 0 Å². The molecule has 1 aromatic rings. The van der Waals surface area contributed by atoms with Gasteiger partial charge in [-0.2, -0.15) is 0 Å². The second kappa shape index (κ2) is 3.97. The van der Waals surface area contributed by atoms with Crippen LogP contribution in [0.1, 0.15) is 44.6 Å². The molecule has 0 unspecified atom stereocenters. The van der Waals surface area contributed by atoms with Gasteiger partial charge in [-0.15, -0.1) is 0 Å². The van der Waals surface area contributed by atoms with E-state index in [2.05, 4.69) is 29.6 Å². The van der Waals surface area contributed by atoms with Crippen molar-refractivity contribution in [1.82, 2.24) is 9.55 Å². The molecule has 0 amide bonds. The summed E-state index contributed by atoms with van der Waals surface area (Å²) in [5.74, 6) is 1.27. The van der Waals surface area contributed by atoms with Gasteiger partial charge in [-0.05, 0) is 39.5 Å². The third-order valence-corrected chi connectivity index (χ3v) is 2.98. The molecular weight excluding hydrogens is 186 g/mol. The fourth-order valence-corrected chi connectivity index (χ4v) is 2.04. The van der Waals surface area contributed by atoms with E-state index in [9.17, 15) is 0 Å². The molecule has 84 valence electrons. The van der Waals surface area contributed by atoms with Crippen molar-refractivity contribution in [2.45, 2.75) is 58.0 Å². The van der Waals surface area contributed by atoms with Gasteiger partial charge >= 0.3 is 0 Å². The summed E-state index contributed by atoms with van der Waals surface area (Å²) in [7, 11) is 0. The molecule has 2 rings (SSSR count). The average molecular weight is 207 g/mol. The maximum absolute atomic E-state index is 5.97. The average Bonchev–Trinajstić information content (AvgIpc) is 2.56. The van der Waals surface area contributed by atoms with Gasteiger partial charge in [-0.25, -0.2) is 4.98 Å². The molecule has 0 atom stereocenters. The van der Waals surface area contributed by atoms with Gasteiger partial charge in [0.25, 0.3) is 0 Å². The van der Waals surface area contributed by atoms with E-state index in [1.165, 1.54) is 24.4 Å². The first-order valence-corrected chi connectivity index (χ1v) is 5.88. The summed E-state index contributed by atoms with van der Waals surface area (Å²) < 4.78 is 2.31. The Labute approximate surface area is 91.7 Å². The minimum Gasteiger partial charge on any atom is -0.335 e. The molecule has 0 saturated carbocycles. The Morgan fingerprint density at radius 3 is 2.93 bits per heavy atom. The number of aromatic nitrogens is 2. The zero-order valence-corrected chi connectivity index (χ0v) is 9.79. The number of nitrogens with two attached hydrogens (primary N) is 1. The Hall–Kier alpha value is -0.830. The second-order valence-electron chi connectivity index (χ2n) is 5.29. The molecule has 0 aliphatic carbocycles. The van der Waals surface area contributed by atoms with Crippen LogP contribution in [0.15, 0.2) is 6.20 Å². The highest BCUT2D eigenvalue weighted by Crippen LogP contribution is 2.16. The van der Waals surface area contributed by atoms with Crippen molar-refractivity contribution in [3.05, 3.63) is 17.7 Å². The quantitative estimate of drug-likeness (QED) is 0.822. The summed E-state index contributed by atoms with van der Waals surface area (Å²) in [6.07, 6.45) is 7.95. The number of nitrogens with zero attached hydrogens (tertiary/aromatic N) is 2. The first-order chi connectivity index (χ1) is 7.04. The number of fused-ring (bicyclic) bond motifs is 1. The van der Waals surface area contributed by atoms with Crippen LogP contribution in [0.2, 0.25) is 0 Å². The third kappa shape index (κ3) is 2.81. The molecule has 2 N–H and O–H groups in total. The van der Waals surface area contributed by atoms with Crippen molar-refractivity contribution < 1.29 is 0 Å². The maximum atomic E-state index is 5.97. The van der Waals surface area contributed by atoms with Gasteiger partial charge in [0, 0.05) is 24.7 Å². The Balaban J connectivity index is 2.01. The highest BCUT2D eigenvalue weighted by atomic mass is 15.1. The summed E-state index contributed by atoms with van der Waals surface area (Å²) in [4.78, 5) is 4.66. The Morgan fingerprint density at radius 2 is 2.27 bits per heavy atom. The Bertz CT molecular complexity index is 310. The highest BCUT2D eigenvalue weighted by Gasteiger charge is 2.15. The van der Waals surface area contributed by atoms with Crippen molar-refractivity contribution in [1.29, 1.82) is 0 Å². The van der Waals surface area contributed by atoms with E-state index in [1.54, 1.807) is 0 Å². The molecule has 0 radical (unpaired) electrons. The minimum absolute atomic E-state index is 0.0792. The van der Waals surface area contributed by atoms with E-state index in [0.717, 1.165) is 25.8 Å². The molecule has 3 heteroatoms. The van der Waals surface area contributed by atoms with E-state index in [1.807, 2.05) is 0 Å². The second-order valence-corrected chi connectivity index (χ2v) is 5.29. The minimum atomic E-state index is -0.0792. The number of aryl methyl sites for hydroxylation is 3. The Kier molecular flexibility index (Phi) is 2.83. The molecule has 1 aliphatic heterocycles. The maximum Gasteiger partial charge on any atom is 0.108 e. The first kappa shape index (κ1) is 10.7. The molecule has 0 saturated heterocycles. The topological polar surface area (TPSA) is 43.8 Å². The molecule has 0 fully saturated rings. The summed E-state index contributed by atoms with van der Waals surface area (Å²) in [6.45, 7) is 5.29. The zero-order chi connectivity index (χ0) is 10.9. The van der Waals surface area contributed by atoms with E-state index < -0.39 is 0 Å². The van der Waals surface area contributed by atoms with Gasteiger partial charge in [0.1, 0.15) is 5.82 Å².